The Labute approximate surface area is 168 Å². The van der Waals surface area contributed by atoms with Crippen molar-refractivity contribution in [3.05, 3.63) is 66.9 Å². The van der Waals surface area contributed by atoms with E-state index in [0.29, 0.717) is 11.3 Å². The number of fused-ring (bicyclic) bond motifs is 1. The summed E-state index contributed by atoms with van der Waals surface area (Å²) in [5, 5.41) is 5.98. The number of pyridine rings is 1. The first-order chi connectivity index (χ1) is 13.8. The molecule has 0 spiro atoms. The fourth-order valence-corrected chi connectivity index (χ4v) is 3.14. The lowest BCUT2D eigenvalue weighted by Gasteiger charge is -2.10. The maximum Gasteiger partial charge on any atom is 0.327 e. The van der Waals surface area contributed by atoms with Crippen LogP contribution in [0.5, 0.6) is 0 Å². The number of nitrogens with zero attached hydrogens (tertiary/aromatic N) is 1. The topological polar surface area (TPSA) is 137 Å². The molecule has 2 aromatic heterocycles. The van der Waals surface area contributed by atoms with Gasteiger partial charge in [0.05, 0.1) is 16.0 Å². The second kappa shape index (κ2) is 7.17. The van der Waals surface area contributed by atoms with Crippen LogP contribution >= 0.6 is 11.6 Å². The third kappa shape index (κ3) is 3.90. The number of H-pyrrole nitrogens is 2. The molecule has 0 unspecified atom stereocenters. The molecule has 0 radical (unpaired) electrons. The molecule has 0 saturated heterocycles. The lowest BCUT2D eigenvalue weighted by molar-refractivity contribution is 0.0949. The van der Waals surface area contributed by atoms with E-state index >= 15 is 0 Å². The Morgan fingerprint density at radius 1 is 1.14 bits per heavy atom. The molecule has 1 aliphatic carbocycles. The van der Waals surface area contributed by atoms with Gasteiger partial charge in [-0.25, -0.2) is 9.78 Å². The molecule has 2 heterocycles. The van der Waals surface area contributed by atoms with Crippen LogP contribution < -0.4 is 21.9 Å². The number of carbonyl (C=O) groups excluding carboxylic acids is 2. The number of rotatable bonds is 4. The molecule has 1 aromatic carbocycles. The SMILES string of the molecule is Cc1cc(C(=O)Nc2ccc(Cl)c(C(=O)NC3CC3)c2)nc2[nH]c(=O)[nH]c(=O)c12. The third-order valence-corrected chi connectivity index (χ3v) is 4.85. The maximum atomic E-state index is 12.6. The molecule has 3 aromatic rings. The smallest absolute Gasteiger partial charge is 0.327 e. The third-order valence-electron chi connectivity index (χ3n) is 4.52. The zero-order valence-corrected chi connectivity index (χ0v) is 16.0. The molecule has 29 heavy (non-hydrogen) atoms. The van der Waals surface area contributed by atoms with Crippen molar-refractivity contribution in [1.29, 1.82) is 0 Å². The fraction of sp³-hybridized carbons (Fsp3) is 0.211. The molecule has 9 nitrogen and oxygen atoms in total. The van der Waals surface area contributed by atoms with Crippen molar-refractivity contribution in [2.45, 2.75) is 25.8 Å². The quantitative estimate of drug-likeness (QED) is 0.516. The molecular formula is C19H16ClN5O4. The van der Waals surface area contributed by atoms with E-state index in [2.05, 4.69) is 25.6 Å². The van der Waals surface area contributed by atoms with Gasteiger partial charge >= 0.3 is 5.69 Å². The predicted octanol–water partition coefficient (Wildman–Crippen LogP) is 1.72. The normalized spacial score (nSPS) is 13.3. The van der Waals surface area contributed by atoms with Gasteiger partial charge < -0.3 is 10.6 Å². The molecule has 10 heteroatoms. The zero-order chi connectivity index (χ0) is 20.7. The van der Waals surface area contributed by atoms with Gasteiger partial charge in [0.1, 0.15) is 11.3 Å². The van der Waals surface area contributed by atoms with Crippen LogP contribution in [0.4, 0.5) is 5.69 Å². The van der Waals surface area contributed by atoms with Gasteiger partial charge in [-0.2, -0.15) is 0 Å². The van der Waals surface area contributed by atoms with Crippen molar-refractivity contribution in [2.75, 3.05) is 5.32 Å². The summed E-state index contributed by atoms with van der Waals surface area (Å²) in [6.45, 7) is 1.64. The molecule has 0 aliphatic heterocycles. The van der Waals surface area contributed by atoms with E-state index in [1.165, 1.54) is 18.2 Å². The van der Waals surface area contributed by atoms with Gasteiger partial charge in [-0.15, -0.1) is 0 Å². The molecule has 1 saturated carbocycles. The van der Waals surface area contributed by atoms with Gasteiger partial charge in [-0.1, -0.05) is 11.6 Å². The highest BCUT2D eigenvalue weighted by Gasteiger charge is 2.25. The monoisotopic (exact) mass is 413 g/mol. The molecule has 2 amide bonds. The van der Waals surface area contributed by atoms with E-state index in [1.54, 1.807) is 13.0 Å². The highest BCUT2D eigenvalue weighted by molar-refractivity contribution is 6.34. The highest BCUT2D eigenvalue weighted by atomic mass is 35.5. The number of carbonyl (C=O) groups is 2. The molecule has 1 fully saturated rings. The van der Waals surface area contributed by atoms with Crippen molar-refractivity contribution in [2.24, 2.45) is 0 Å². The molecule has 0 bridgehead atoms. The van der Waals surface area contributed by atoms with Crippen LogP contribution in [0.15, 0.2) is 33.9 Å². The summed E-state index contributed by atoms with van der Waals surface area (Å²) >= 11 is 6.11. The number of aromatic nitrogens is 3. The van der Waals surface area contributed by atoms with Crippen LogP contribution in [0.1, 0.15) is 39.3 Å². The molecule has 1 aliphatic rings. The minimum atomic E-state index is -0.712. The number of hydrogen-bond acceptors (Lipinski definition) is 5. The van der Waals surface area contributed by atoms with Crippen LogP contribution in [-0.4, -0.2) is 32.8 Å². The first-order valence-corrected chi connectivity index (χ1v) is 9.25. The van der Waals surface area contributed by atoms with Crippen molar-refractivity contribution < 1.29 is 9.59 Å². The standard InChI is InChI=1S/C19H16ClN5O4/c1-8-6-13(23-15-14(8)18(28)25-19(29)24-15)17(27)22-10-4-5-12(20)11(7-10)16(26)21-9-2-3-9/h4-7,9H,2-3H2,1H3,(H,21,26)(H,22,27)(H2,23,24,25,28,29). The largest absolute Gasteiger partial charge is 0.349 e. The average molecular weight is 414 g/mol. The van der Waals surface area contributed by atoms with Crippen molar-refractivity contribution in [3.8, 4) is 0 Å². The number of benzene rings is 1. The van der Waals surface area contributed by atoms with E-state index in [0.717, 1.165) is 12.8 Å². The number of halogens is 1. The van der Waals surface area contributed by atoms with Crippen LogP contribution in [0.25, 0.3) is 11.0 Å². The molecule has 148 valence electrons. The van der Waals surface area contributed by atoms with Gasteiger partial charge in [0, 0.05) is 11.7 Å². The lowest BCUT2D eigenvalue weighted by Crippen LogP contribution is -2.26. The number of anilines is 1. The molecule has 4 rings (SSSR count). The summed E-state index contributed by atoms with van der Waals surface area (Å²) in [5.74, 6) is -0.864. The Morgan fingerprint density at radius 3 is 2.62 bits per heavy atom. The van der Waals surface area contributed by atoms with Crippen LogP contribution in [-0.2, 0) is 0 Å². The lowest BCUT2D eigenvalue weighted by atomic mass is 10.1. The number of amides is 2. The van der Waals surface area contributed by atoms with Crippen molar-refractivity contribution >= 4 is 40.1 Å². The Bertz CT molecular complexity index is 1280. The van der Waals surface area contributed by atoms with Crippen LogP contribution in [0, 0.1) is 6.92 Å². The average Bonchev–Trinajstić information content (AvgIpc) is 3.46. The van der Waals surface area contributed by atoms with Gasteiger partial charge in [-0.3, -0.25) is 24.4 Å². The summed E-state index contributed by atoms with van der Waals surface area (Å²) in [6.07, 6.45) is 1.88. The Morgan fingerprint density at radius 2 is 1.90 bits per heavy atom. The molecular weight excluding hydrogens is 398 g/mol. The minimum absolute atomic E-state index is 0.00943. The summed E-state index contributed by atoms with van der Waals surface area (Å²) in [7, 11) is 0. The van der Waals surface area contributed by atoms with Gasteiger partial charge in [0.15, 0.2) is 0 Å². The van der Waals surface area contributed by atoms with E-state index in [-0.39, 0.29) is 39.3 Å². The maximum absolute atomic E-state index is 12.6. The number of nitrogens with one attached hydrogen (secondary N) is 4. The van der Waals surface area contributed by atoms with E-state index in [1.807, 2.05) is 0 Å². The fourth-order valence-electron chi connectivity index (χ4n) is 2.93. The molecule has 4 N–H and O–H groups in total. The number of aromatic amines is 2. The summed E-state index contributed by atoms with van der Waals surface area (Å²) in [5.41, 5.74) is -0.159. The van der Waals surface area contributed by atoms with Crippen LogP contribution in [0.2, 0.25) is 5.02 Å². The summed E-state index contributed by atoms with van der Waals surface area (Å²) in [6, 6.07) is 6.19. The second-order valence-electron chi connectivity index (χ2n) is 6.85. The van der Waals surface area contributed by atoms with E-state index in [9.17, 15) is 19.2 Å². The second-order valence-corrected chi connectivity index (χ2v) is 7.26. The van der Waals surface area contributed by atoms with Crippen molar-refractivity contribution in [1.82, 2.24) is 20.3 Å². The van der Waals surface area contributed by atoms with Gasteiger partial charge in [0.2, 0.25) is 0 Å². The zero-order valence-electron chi connectivity index (χ0n) is 15.3. The van der Waals surface area contributed by atoms with Gasteiger partial charge in [0.25, 0.3) is 17.4 Å². The Hall–Kier alpha value is -3.46. The first-order valence-electron chi connectivity index (χ1n) is 8.87. The number of aryl methyl sites for hydroxylation is 1. The van der Waals surface area contributed by atoms with Crippen LogP contribution in [0.3, 0.4) is 0 Å². The minimum Gasteiger partial charge on any atom is -0.349 e. The number of hydrogen-bond donors (Lipinski definition) is 4. The first kappa shape index (κ1) is 18.9. The Balaban J connectivity index is 1.63. The van der Waals surface area contributed by atoms with Gasteiger partial charge in [-0.05, 0) is 49.6 Å². The van der Waals surface area contributed by atoms with E-state index < -0.39 is 17.2 Å². The highest BCUT2D eigenvalue weighted by Crippen LogP contribution is 2.24. The summed E-state index contributed by atoms with van der Waals surface area (Å²) in [4.78, 5) is 57.0. The summed E-state index contributed by atoms with van der Waals surface area (Å²) < 4.78 is 0. The molecule has 0 atom stereocenters. The van der Waals surface area contributed by atoms with E-state index in [4.69, 9.17) is 11.6 Å². The predicted molar refractivity (Wildman–Crippen MR) is 108 cm³/mol. The Kier molecular flexibility index (Phi) is 4.67. The van der Waals surface area contributed by atoms with Crippen molar-refractivity contribution in [3.63, 3.8) is 0 Å².